The molecule has 1 aromatic rings. The van der Waals surface area contributed by atoms with Crippen molar-refractivity contribution in [1.82, 2.24) is 4.90 Å². The van der Waals surface area contributed by atoms with Crippen molar-refractivity contribution in [3.8, 4) is 0 Å². The Hall–Kier alpha value is -2.04. The van der Waals surface area contributed by atoms with Crippen molar-refractivity contribution >= 4 is 17.5 Å². The van der Waals surface area contributed by atoms with E-state index in [0.29, 0.717) is 11.1 Å². The lowest BCUT2D eigenvalue weighted by molar-refractivity contribution is 0.567. The summed E-state index contributed by atoms with van der Waals surface area (Å²) < 4.78 is 0. The maximum absolute atomic E-state index is 10.7. The third kappa shape index (κ3) is 2.50. The van der Waals surface area contributed by atoms with Gasteiger partial charge in [0.05, 0.1) is 0 Å². The summed E-state index contributed by atoms with van der Waals surface area (Å²) in [4.78, 5) is 23.0. The summed E-state index contributed by atoms with van der Waals surface area (Å²) in [5.74, 6) is 0. The Balaban J connectivity index is 3.26. The topological polar surface area (TPSA) is 62.1 Å². The molecule has 0 saturated heterocycles. The third-order valence-electron chi connectivity index (χ3n) is 2.18. The monoisotopic (exact) mass is 219 g/mol. The molecule has 0 aliphatic carbocycles. The van der Waals surface area contributed by atoms with E-state index in [4.69, 9.17) is 0 Å². The van der Waals surface area contributed by atoms with E-state index in [1.165, 1.54) is 0 Å². The van der Waals surface area contributed by atoms with Crippen LogP contribution < -0.4 is 0 Å². The second-order valence-electron chi connectivity index (χ2n) is 3.61. The van der Waals surface area contributed by atoms with Gasteiger partial charge in [-0.05, 0) is 35.6 Å². The minimum atomic E-state index is 0.247. The standard InChI is InChI=1S/C11H13N3O2/c1-8-10(12-15)5-4-9(11(8)13-16)6-7-14(2)3/h4-7H,1-3H3/b7-6+. The molecule has 0 fully saturated rings. The summed E-state index contributed by atoms with van der Waals surface area (Å²) in [6, 6.07) is 3.23. The maximum atomic E-state index is 10.7. The van der Waals surface area contributed by atoms with Gasteiger partial charge in [0.15, 0.2) is 0 Å². The Morgan fingerprint density at radius 1 is 1.19 bits per heavy atom. The van der Waals surface area contributed by atoms with Gasteiger partial charge in [-0.3, -0.25) is 0 Å². The lowest BCUT2D eigenvalue weighted by Crippen LogP contribution is -1.99. The summed E-state index contributed by atoms with van der Waals surface area (Å²) in [6.07, 6.45) is 3.57. The van der Waals surface area contributed by atoms with Crippen LogP contribution in [0.5, 0.6) is 0 Å². The zero-order valence-electron chi connectivity index (χ0n) is 9.47. The highest BCUT2D eigenvalue weighted by Crippen LogP contribution is 2.32. The summed E-state index contributed by atoms with van der Waals surface area (Å²) in [6.45, 7) is 1.65. The highest BCUT2D eigenvalue weighted by molar-refractivity contribution is 5.72. The fraction of sp³-hybridized carbons (Fsp3) is 0.273. The van der Waals surface area contributed by atoms with Gasteiger partial charge in [-0.25, -0.2) is 0 Å². The van der Waals surface area contributed by atoms with E-state index in [1.807, 2.05) is 19.0 Å². The first-order valence-electron chi connectivity index (χ1n) is 4.75. The zero-order chi connectivity index (χ0) is 12.1. The Morgan fingerprint density at radius 3 is 2.38 bits per heavy atom. The Morgan fingerprint density at radius 2 is 1.88 bits per heavy atom. The predicted molar refractivity (Wildman–Crippen MR) is 64.8 cm³/mol. The van der Waals surface area contributed by atoms with Crippen molar-refractivity contribution in [2.45, 2.75) is 6.92 Å². The average molecular weight is 219 g/mol. The molecule has 0 amide bonds. The summed E-state index contributed by atoms with van der Waals surface area (Å²) in [5.41, 5.74) is 1.69. The Kier molecular flexibility index (Phi) is 3.88. The quantitative estimate of drug-likeness (QED) is 0.729. The van der Waals surface area contributed by atoms with Crippen LogP contribution in [0, 0.1) is 16.7 Å². The fourth-order valence-electron chi connectivity index (χ4n) is 1.29. The molecule has 1 aromatic carbocycles. The SMILES string of the molecule is Cc1c(N=O)ccc(/C=C/N(C)C)c1N=O. The van der Waals surface area contributed by atoms with Crippen molar-refractivity contribution in [3.05, 3.63) is 39.3 Å². The molecule has 0 heterocycles. The van der Waals surface area contributed by atoms with Crippen LogP contribution in [0.3, 0.4) is 0 Å². The van der Waals surface area contributed by atoms with Crippen LogP contribution in [-0.2, 0) is 0 Å². The van der Waals surface area contributed by atoms with E-state index in [0.717, 1.165) is 0 Å². The van der Waals surface area contributed by atoms with E-state index in [1.54, 1.807) is 31.3 Å². The van der Waals surface area contributed by atoms with E-state index >= 15 is 0 Å². The van der Waals surface area contributed by atoms with E-state index in [-0.39, 0.29) is 11.4 Å². The lowest BCUT2D eigenvalue weighted by Gasteiger charge is -2.06. The molecular formula is C11H13N3O2. The van der Waals surface area contributed by atoms with Crippen LogP contribution >= 0.6 is 0 Å². The van der Waals surface area contributed by atoms with Gasteiger partial charge in [0.25, 0.3) is 0 Å². The number of nitroso groups, excluding NO2 is 2. The molecule has 0 aromatic heterocycles. The highest BCUT2D eigenvalue weighted by atomic mass is 16.3. The highest BCUT2D eigenvalue weighted by Gasteiger charge is 2.09. The van der Waals surface area contributed by atoms with Gasteiger partial charge in [0.2, 0.25) is 0 Å². The molecule has 0 radical (unpaired) electrons. The minimum absolute atomic E-state index is 0.247. The van der Waals surface area contributed by atoms with Crippen molar-refractivity contribution < 1.29 is 0 Å². The van der Waals surface area contributed by atoms with Crippen LogP contribution in [0.4, 0.5) is 11.4 Å². The maximum Gasteiger partial charge on any atom is 0.120 e. The average Bonchev–Trinajstić information content (AvgIpc) is 2.26. The van der Waals surface area contributed by atoms with Crippen molar-refractivity contribution in [2.75, 3.05) is 14.1 Å². The van der Waals surface area contributed by atoms with Gasteiger partial charge in [-0.1, -0.05) is 6.07 Å². The fourth-order valence-corrected chi connectivity index (χ4v) is 1.29. The van der Waals surface area contributed by atoms with E-state index in [9.17, 15) is 9.81 Å². The van der Waals surface area contributed by atoms with Crippen molar-refractivity contribution in [1.29, 1.82) is 0 Å². The molecule has 1 rings (SSSR count). The lowest BCUT2D eigenvalue weighted by atomic mass is 10.1. The van der Waals surface area contributed by atoms with Crippen LogP contribution in [0.1, 0.15) is 11.1 Å². The van der Waals surface area contributed by atoms with Crippen molar-refractivity contribution in [2.24, 2.45) is 10.4 Å². The molecule has 0 unspecified atom stereocenters. The normalized spacial score (nSPS) is 10.4. The van der Waals surface area contributed by atoms with E-state index in [2.05, 4.69) is 10.4 Å². The summed E-state index contributed by atoms with van der Waals surface area (Å²) >= 11 is 0. The predicted octanol–water partition coefficient (Wildman–Crippen LogP) is 3.32. The molecule has 84 valence electrons. The van der Waals surface area contributed by atoms with Crippen LogP contribution in [0.2, 0.25) is 0 Å². The molecule has 0 bridgehead atoms. The van der Waals surface area contributed by atoms with Gasteiger partial charge >= 0.3 is 0 Å². The van der Waals surface area contributed by atoms with Gasteiger partial charge in [-0.2, -0.15) is 0 Å². The molecule has 0 aliphatic rings. The first-order valence-corrected chi connectivity index (χ1v) is 4.75. The molecular weight excluding hydrogens is 206 g/mol. The molecule has 0 saturated carbocycles. The second-order valence-corrected chi connectivity index (χ2v) is 3.61. The Bertz CT molecular complexity index is 439. The number of benzene rings is 1. The number of rotatable bonds is 4. The summed E-state index contributed by atoms with van der Waals surface area (Å²) in [5, 5.41) is 5.77. The largest absolute Gasteiger partial charge is 0.383 e. The zero-order valence-corrected chi connectivity index (χ0v) is 9.47. The third-order valence-corrected chi connectivity index (χ3v) is 2.18. The second kappa shape index (κ2) is 5.16. The van der Waals surface area contributed by atoms with Gasteiger partial charge in [0.1, 0.15) is 11.4 Å². The summed E-state index contributed by atoms with van der Waals surface area (Å²) in [7, 11) is 3.75. The molecule has 0 N–H and O–H groups in total. The number of nitrogens with zero attached hydrogens (tertiary/aromatic N) is 3. The van der Waals surface area contributed by atoms with Gasteiger partial charge in [-0.15, -0.1) is 9.81 Å². The molecule has 5 heteroatoms. The Labute approximate surface area is 93.7 Å². The molecule has 0 atom stereocenters. The van der Waals surface area contributed by atoms with Gasteiger partial charge < -0.3 is 4.90 Å². The first kappa shape index (κ1) is 12.0. The molecule has 0 spiro atoms. The van der Waals surface area contributed by atoms with Crippen LogP contribution in [0.25, 0.3) is 6.08 Å². The smallest absolute Gasteiger partial charge is 0.120 e. The molecule has 16 heavy (non-hydrogen) atoms. The van der Waals surface area contributed by atoms with Crippen LogP contribution in [-0.4, -0.2) is 19.0 Å². The minimum Gasteiger partial charge on any atom is -0.383 e. The number of hydrogen-bond acceptors (Lipinski definition) is 5. The number of hydrogen-bond donors (Lipinski definition) is 0. The van der Waals surface area contributed by atoms with Gasteiger partial charge in [0, 0.05) is 25.2 Å². The molecule has 0 aliphatic heterocycles. The van der Waals surface area contributed by atoms with Crippen molar-refractivity contribution in [3.63, 3.8) is 0 Å². The van der Waals surface area contributed by atoms with E-state index < -0.39 is 0 Å². The molecule has 5 nitrogen and oxygen atoms in total. The first-order chi connectivity index (χ1) is 7.60. The van der Waals surface area contributed by atoms with Crippen LogP contribution in [0.15, 0.2) is 28.7 Å².